The molecule has 26 heavy (non-hydrogen) atoms. The Balaban J connectivity index is 2.13. The molecule has 3 nitrogen and oxygen atoms in total. The van der Waals surface area contributed by atoms with Gasteiger partial charge in [-0.05, 0) is 11.6 Å². The van der Waals surface area contributed by atoms with Crippen LogP contribution in [0, 0.1) is 23.0 Å². The van der Waals surface area contributed by atoms with Crippen LogP contribution in [0.25, 0.3) is 10.9 Å². The van der Waals surface area contributed by atoms with E-state index in [2.05, 4.69) is 0 Å². The van der Waals surface area contributed by atoms with E-state index < -0.39 is 23.0 Å². The lowest BCUT2D eigenvalue weighted by molar-refractivity contribution is 0.0174. The molecule has 0 aliphatic heterocycles. The fraction of sp³-hybridized carbons (Fsp3) is 0.158. The summed E-state index contributed by atoms with van der Waals surface area (Å²) in [7, 11) is 0. The van der Waals surface area contributed by atoms with Gasteiger partial charge in [0.25, 0.3) is 5.92 Å². The third-order valence-electron chi connectivity index (χ3n) is 4.06. The van der Waals surface area contributed by atoms with Crippen molar-refractivity contribution in [1.82, 2.24) is 4.57 Å². The number of halogens is 4. The number of aromatic nitrogens is 1. The highest BCUT2D eigenvalue weighted by atomic mass is 19.3. The van der Waals surface area contributed by atoms with Crippen LogP contribution < -0.4 is 5.43 Å². The van der Waals surface area contributed by atoms with Crippen molar-refractivity contribution >= 4 is 10.9 Å². The number of nitriles is 1. The van der Waals surface area contributed by atoms with Crippen LogP contribution in [0.5, 0.6) is 0 Å². The van der Waals surface area contributed by atoms with Crippen LogP contribution >= 0.6 is 0 Å². The Morgan fingerprint density at radius 3 is 2.31 bits per heavy atom. The fourth-order valence-corrected chi connectivity index (χ4v) is 2.69. The van der Waals surface area contributed by atoms with E-state index >= 15 is 0 Å². The molecule has 132 valence electrons. The Morgan fingerprint density at radius 2 is 1.73 bits per heavy atom. The summed E-state index contributed by atoms with van der Waals surface area (Å²) in [5.74, 6) is -5.29. The number of benzene rings is 2. The molecule has 3 aromatic rings. The van der Waals surface area contributed by atoms with E-state index in [0.29, 0.717) is 5.56 Å². The van der Waals surface area contributed by atoms with E-state index in [1.807, 2.05) is 0 Å². The van der Waals surface area contributed by atoms with Crippen molar-refractivity contribution in [3.8, 4) is 6.07 Å². The second-order valence-electron chi connectivity index (χ2n) is 5.98. The zero-order valence-corrected chi connectivity index (χ0v) is 13.6. The summed E-state index contributed by atoms with van der Waals surface area (Å²) in [5.41, 5.74) is -0.370. The molecule has 1 aromatic heterocycles. The van der Waals surface area contributed by atoms with Crippen molar-refractivity contribution in [2.75, 3.05) is 0 Å². The molecule has 0 amide bonds. The lowest BCUT2D eigenvalue weighted by atomic mass is 10.1. The number of rotatable bonds is 3. The van der Waals surface area contributed by atoms with E-state index in [-0.39, 0.29) is 28.6 Å². The number of pyridine rings is 1. The van der Waals surface area contributed by atoms with Crippen molar-refractivity contribution in [3.05, 3.63) is 81.1 Å². The van der Waals surface area contributed by atoms with Gasteiger partial charge in [0.15, 0.2) is 11.6 Å². The third kappa shape index (κ3) is 3.18. The smallest absolute Gasteiger partial charge is 0.270 e. The molecule has 1 heterocycles. The SMILES string of the molecule is CC(F)(F)c1ccc(Cn2cc(C#N)c(=O)c3cc(F)c(F)cc32)cc1. The summed E-state index contributed by atoms with van der Waals surface area (Å²) in [6, 6.07) is 8.85. The maximum absolute atomic E-state index is 13.6. The average Bonchev–Trinajstić information content (AvgIpc) is 2.59. The summed E-state index contributed by atoms with van der Waals surface area (Å²) in [5, 5.41) is 8.98. The second kappa shape index (κ2) is 6.30. The van der Waals surface area contributed by atoms with Crippen LogP contribution in [0.2, 0.25) is 0 Å². The van der Waals surface area contributed by atoms with Gasteiger partial charge in [-0.25, -0.2) is 17.6 Å². The zero-order chi connectivity index (χ0) is 19.1. The van der Waals surface area contributed by atoms with E-state index in [4.69, 9.17) is 5.26 Å². The molecule has 0 saturated heterocycles. The Kier molecular flexibility index (Phi) is 4.28. The topological polar surface area (TPSA) is 45.8 Å². The van der Waals surface area contributed by atoms with Gasteiger partial charge < -0.3 is 4.57 Å². The first-order valence-corrected chi connectivity index (χ1v) is 7.60. The largest absolute Gasteiger partial charge is 0.341 e. The Morgan fingerprint density at radius 1 is 1.12 bits per heavy atom. The lowest BCUT2D eigenvalue weighted by Gasteiger charge is -2.14. The first kappa shape index (κ1) is 17.7. The number of alkyl halides is 2. The quantitative estimate of drug-likeness (QED) is 0.654. The number of nitrogens with zero attached hydrogens (tertiary/aromatic N) is 2. The summed E-state index contributed by atoms with van der Waals surface area (Å²) in [4.78, 5) is 12.2. The monoisotopic (exact) mass is 360 g/mol. The highest BCUT2D eigenvalue weighted by Crippen LogP contribution is 2.27. The first-order chi connectivity index (χ1) is 12.2. The predicted molar refractivity (Wildman–Crippen MR) is 88.0 cm³/mol. The van der Waals surface area contributed by atoms with Crippen LogP contribution in [0.4, 0.5) is 17.6 Å². The molecule has 3 rings (SSSR count). The molecule has 0 saturated carbocycles. The molecule has 7 heteroatoms. The van der Waals surface area contributed by atoms with Crippen molar-refractivity contribution in [3.63, 3.8) is 0 Å². The second-order valence-corrected chi connectivity index (χ2v) is 5.98. The normalized spacial score (nSPS) is 11.5. The fourth-order valence-electron chi connectivity index (χ4n) is 2.69. The molecule has 0 aliphatic carbocycles. The maximum atomic E-state index is 13.6. The van der Waals surface area contributed by atoms with Gasteiger partial charge in [-0.1, -0.05) is 24.3 Å². The third-order valence-corrected chi connectivity index (χ3v) is 4.06. The molecule has 0 unspecified atom stereocenters. The molecule has 0 spiro atoms. The van der Waals surface area contributed by atoms with E-state index in [1.165, 1.54) is 35.0 Å². The van der Waals surface area contributed by atoms with Gasteiger partial charge in [0.2, 0.25) is 5.43 Å². The molecular formula is C19H12F4N2O. The molecule has 0 atom stereocenters. The minimum absolute atomic E-state index is 0.0894. The van der Waals surface area contributed by atoms with Gasteiger partial charge in [-0.2, -0.15) is 5.26 Å². The van der Waals surface area contributed by atoms with Gasteiger partial charge >= 0.3 is 0 Å². The lowest BCUT2D eigenvalue weighted by Crippen LogP contribution is -2.14. The summed E-state index contributed by atoms with van der Waals surface area (Å²) < 4.78 is 55.1. The molecule has 0 bridgehead atoms. The van der Waals surface area contributed by atoms with Crippen LogP contribution in [-0.2, 0) is 12.5 Å². The van der Waals surface area contributed by atoms with Crippen molar-refractivity contribution < 1.29 is 17.6 Å². The van der Waals surface area contributed by atoms with E-state index in [1.54, 1.807) is 6.07 Å². The van der Waals surface area contributed by atoms with Gasteiger partial charge in [-0.3, -0.25) is 4.79 Å². The predicted octanol–water partition coefficient (Wildman–Crippen LogP) is 4.31. The summed E-state index contributed by atoms with van der Waals surface area (Å²) in [6.07, 6.45) is 1.24. The Hall–Kier alpha value is -3.14. The average molecular weight is 360 g/mol. The van der Waals surface area contributed by atoms with Gasteiger partial charge in [0.1, 0.15) is 11.6 Å². The summed E-state index contributed by atoms with van der Waals surface area (Å²) >= 11 is 0. The number of hydrogen-bond donors (Lipinski definition) is 0. The highest BCUT2D eigenvalue weighted by Gasteiger charge is 2.23. The minimum atomic E-state index is -2.97. The Labute approximate surface area is 145 Å². The van der Waals surface area contributed by atoms with Crippen molar-refractivity contribution in [2.45, 2.75) is 19.4 Å². The Bertz CT molecular complexity index is 1090. The van der Waals surface area contributed by atoms with Gasteiger partial charge in [-0.15, -0.1) is 0 Å². The standard InChI is InChI=1S/C19H12F4N2O/c1-19(22,23)13-4-2-11(3-5-13)9-25-10-12(8-24)18(26)14-6-15(20)16(21)7-17(14)25/h2-7,10H,9H2,1H3. The molecule has 0 aliphatic rings. The number of hydrogen-bond acceptors (Lipinski definition) is 2. The van der Waals surface area contributed by atoms with E-state index in [9.17, 15) is 22.4 Å². The van der Waals surface area contributed by atoms with Crippen molar-refractivity contribution in [2.24, 2.45) is 0 Å². The van der Waals surface area contributed by atoms with Crippen LogP contribution in [0.1, 0.15) is 23.6 Å². The molecule has 0 fully saturated rings. The van der Waals surface area contributed by atoms with E-state index in [0.717, 1.165) is 19.1 Å². The van der Waals surface area contributed by atoms with Crippen LogP contribution in [0.15, 0.2) is 47.4 Å². The molecular weight excluding hydrogens is 348 g/mol. The minimum Gasteiger partial charge on any atom is -0.341 e. The van der Waals surface area contributed by atoms with Gasteiger partial charge in [0.05, 0.1) is 10.9 Å². The van der Waals surface area contributed by atoms with Crippen LogP contribution in [-0.4, -0.2) is 4.57 Å². The molecule has 0 radical (unpaired) electrons. The molecule has 0 N–H and O–H groups in total. The number of fused-ring (bicyclic) bond motifs is 1. The molecule has 2 aromatic carbocycles. The van der Waals surface area contributed by atoms with Crippen LogP contribution in [0.3, 0.4) is 0 Å². The first-order valence-electron chi connectivity index (χ1n) is 7.60. The van der Waals surface area contributed by atoms with Crippen molar-refractivity contribution in [1.29, 1.82) is 5.26 Å². The van der Waals surface area contributed by atoms with Gasteiger partial charge in [0, 0.05) is 31.3 Å². The maximum Gasteiger partial charge on any atom is 0.270 e. The summed E-state index contributed by atoms with van der Waals surface area (Å²) in [6.45, 7) is 0.875. The zero-order valence-electron chi connectivity index (χ0n) is 13.6. The highest BCUT2D eigenvalue weighted by molar-refractivity contribution is 5.80.